The van der Waals surface area contributed by atoms with Gasteiger partial charge in [-0.2, -0.15) is 0 Å². The zero-order valence-corrected chi connectivity index (χ0v) is 11.4. The van der Waals surface area contributed by atoms with Crippen LogP contribution in [0.15, 0.2) is 0 Å². The minimum absolute atomic E-state index is 0.0933. The Balaban J connectivity index is 2.14. The summed E-state index contributed by atoms with van der Waals surface area (Å²) < 4.78 is 4.93. The average molecular weight is 258 g/mol. The third-order valence-electron chi connectivity index (χ3n) is 3.36. The molecule has 1 amide bonds. The number of methoxy groups -OCH3 is 1. The molecule has 0 aliphatic carbocycles. The van der Waals surface area contributed by atoms with E-state index in [0.29, 0.717) is 25.6 Å². The van der Waals surface area contributed by atoms with Gasteiger partial charge in [-0.05, 0) is 38.1 Å². The zero-order valence-electron chi connectivity index (χ0n) is 11.4. The van der Waals surface area contributed by atoms with Crippen molar-refractivity contribution in [1.29, 1.82) is 0 Å². The van der Waals surface area contributed by atoms with Gasteiger partial charge < -0.3 is 15.2 Å². The highest BCUT2D eigenvalue weighted by Crippen LogP contribution is 2.18. The Bertz CT molecular complexity index is 234. The molecule has 0 aromatic heterocycles. The number of carbonyl (C=O) groups is 1. The van der Waals surface area contributed by atoms with E-state index < -0.39 is 0 Å². The van der Waals surface area contributed by atoms with E-state index in [0.717, 1.165) is 32.4 Å². The van der Waals surface area contributed by atoms with Gasteiger partial charge in [0.2, 0.25) is 5.91 Å². The molecule has 5 nitrogen and oxygen atoms in total. The lowest BCUT2D eigenvalue weighted by molar-refractivity contribution is -0.122. The zero-order chi connectivity index (χ0) is 13.2. The predicted octanol–water partition coefficient (Wildman–Crippen LogP) is 0.234. The van der Waals surface area contributed by atoms with Crippen LogP contribution in [0.5, 0.6) is 0 Å². The summed E-state index contributed by atoms with van der Waals surface area (Å²) in [6.07, 6.45) is 4.01. The maximum absolute atomic E-state index is 11.7. The number of rotatable bonds is 8. The van der Waals surface area contributed by atoms with Gasteiger partial charge in [-0.25, -0.2) is 0 Å². The molecule has 0 bridgehead atoms. The molecule has 106 valence electrons. The summed E-state index contributed by atoms with van der Waals surface area (Å²) >= 11 is 0. The Labute approximate surface area is 109 Å². The van der Waals surface area contributed by atoms with Crippen molar-refractivity contribution in [1.82, 2.24) is 10.2 Å². The lowest BCUT2D eigenvalue weighted by Crippen LogP contribution is -2.43. The molecule has 1 fully saturated rings. The summed E-state index contributed by atoms with van der Waals surface area (Å²) in [6, 6.07) is 0. The van der Waals surface area contributed by atoms with Crippen molar-refractivity contribution >= 4 is 5.91 Å². The van der Waals surface area contributed by atoms with Crippen LogP contribution in [0.4, 0.5) is 0 Å². The van der Waals surface area contributed by atoms with Gasteiger partial charge in [0, 0.05) is 33.4 Å². The van der Waals surface area contributed by atoms with Crippen LogP contribution in [0.1, 0.15) is 25.7 Å². The second-order valence-corrected chi connectivity index (χ2v) is 4.95. The van der Waals surface area contributed by atoms with E-state index in [1.165, 1.54) is 6.42 Å². The summed E-state index contributed by atoms with van der Waals surface area (Å²) in [4.78, 5) is 13.9. The van der Waals surface area contributed by atoms with Gasteiger partial charge in [-0.15, -0.1) is 0 Å². The van der Waals surface area contributed by atoms with Crippen molar-refractivity contribution in [2.24, 2.45) is 5.92 Å². The monoisotopic (exact) mass is 258 g/mol. The van der Waals surface area contributed by atoms with Crippen molar-refractivity contribution in [3.8, 4) is 0 Å². The SMILES string of the molecule is COCCCNC(=O)CN1CCCC(CCO)C1. The van der Waals surface area contributed by atoms with E-state index in [1.54, 1.807) is 7.11 Å². The van der Waals surface area contributed by atoms with Gasteiger partial charge in [0.1, 0.15) is 0 Å². The maximum atomic E-state index is 11.7. The first-order chi connectivity index (χ1) is 8.76. The van der Waals surface area contributed by atoms with Crippen LogP contribution in [-0.2, 0) is 9.53 Å². The number of aliphatic hydroxyl groups is 1. The molecule has 0 radical (unpaired) electrons. The molecule has 18 heavy (non-hydrogen) atoms. The molecule has 1 aliphatic rings. The van der Waals surface area contributed by atoms with E-state index in [2.05, 4.69) is 10.2 Å². The average Bonchev–Trinajstić information content (AvgIpc) is 2.35. The Morgan fingerprint density at radius 3 is 3.11 bits per heavy atom. The van der Waals surface area contributed by atoms with Crippen molar-refractivity contribution in [3.63, 3.8) is 0 Å². The standard InChI is InChI=1S/C13H26N2O3/c1-18-9-3-6-14-13(17)11-15-7-2-4-12(10-15)5-8-16/h12,16H,2-11H2,1H3,(H,14,17). The summed E-state index contributed by atoms with van der Waals surface area (Å²) in [5, 5.41) is 11.8. The fourth-order valence-electron chi connectivity index (χ4n) is 2.42. The first kappa shape index (κ1) is 15.4. The molecule has 2 N–H and O–H groups in total. The van der Waals surface area contributed by atoms with Crippen LogP contribution in [0, 0.1) is 5.92 Å². The number of hydrogen-bond acceptors (Lipinski definition) is 4. The topological polar surface area (TPSA) is 61.8 Å². The largest absolute Gasteiger partial charge is 0.396 e. The highest BCUT2D eigenvalue weighted by Gasteiger charge is 2.20. The minimum atomic E-state index is 0.0933. The maximum Gasteiger partial charge on any atom is 0.234 e. The molecule has 0 aromatic rings. The van der Waals surface area contributed by atoms with Gasteiger partial charge in [0.15, 0.2) is 0 Å². The lowest BCUT2D eigenvalue weighted by Gasteiger charge is -2.31. The molecule has 1 rings (SSSR count). The Morgan fingerprint density at radius 2 is 2.39 bits per heavy atom. The molecular weight excluding hydrogens is 232 g/mol. The molecule has 1 unspecified atom stereocenters. The number of nitrogens with one attached hydrogen (secondary N) is 1. The first-order valence-corrected chi connectivity index (χ1v) is 6.85. The number of carbonyl (C=O) groups excluding carboxylic acids is 1. The lowest BCUT2D eigenvalue weighted by atomic mass is 9.95. The number of nitrogens with zero attached hydrogens (tertiary/aromatic N) is 1. The highest BCUT2D eigenvalue weighted by molar-refractivity contribution is 5.77. The van der Waals surface area contributed by atoms with Crippen LogP contribution in [0.25, 0.3) is 0 Å². The summed E-state index contributed by atoms with van der Waals surface area (Å²) in [5.74, 6) is 0.640. The number of piperidine rings is 1. The second kappa shape index (κ2) is 9.30. The number of hydrogen-bond donors (Lipinski definition) is 2. The predicted molar refractivity (Wildman–Crippen MR) is 70.4 cm³/mol. The van der Waals surface area contributed by atoms with Crippen LogP contribution < -0.4 is 5.32 Å². The van der Waals surface area contributed by atoms with Gasteiger partial charge >= 0.3 is 0 Å². The quantitative estimate of drug-likeness (QED) is 0.612. The van der Waals surface area contributed by atoms with Gasteiger partial charge in [-0.3, -0.25) is 9.69 Å². The van der Waals surface area contributed by atoms with E-state index >= 15 is 0 Å². The Morgan fingerprint density at radius 1 is 1.56 bits per heavy atom. The fraction of sp³-hybridized carbons (Fsp3) is 0.923. The molecule has 1 atom stereocenters. The number of amides is 1. The molecule has 0 saturated carbocycles. The van der Waals surface area contributed by atoms with Crippen LogP contribution in [0.2, 0.25) is 0 Å². The van der Waals surface area contributed by atoms with Crippen LogP contribution in [-0.4, -0.2) is 62.4 Å². The molecule has 1 saturated heterocycles. The van der Waals surface area contributed by atoms with Gasteiger partial charge in [0.05, 0.1) is 6.54 Å². The fourth-order valence-corrected chi connectivity index (χ4v) is 2.42. The molecular formula is C13H26N2O3. The van der Waals surface area contributed by atoms with Crippen molar-refractivity contribution in [2.45, 2.75) is 25.7 Å². The van der Waals surface area contributed by atoms with Crippen LogP contribution >= 0.6 is 0 Å². The Kier molecular flexibility index (Phi) is 7.96. The third kappa shape index (κ3) is 6.33. The number of aliphatic hydroxyl groups excluding tert-OH is 1. The van der Waals surface area contributed by atoms with E-state index in [-0.39, 0.29) is 12.5 Å². The van der Waals surface area contributed by atoms with Crippen molar-refractivity contribution < 1.29 is 14.6 Å². The minimum Gasteiger partial charge on any atom is -0.396 e. The second-order valence-electron chi connectivity index (χ2n) is 4.95. The number of likely N-dealkylation sites (tertiary alicyclic amines) is 1. The smallest absolute Gasteiger partial charge is 0.234 e. The summed E-state index contributed by atoms with van der Waals surface area (Å²) in [7, 11) is 1.66. The summed E-state index contributed by atoms with van der Waals surface area (Å²) in [6.45, 7) is 4.03. The number of ether oxygens (including phenoxy) is 1. The third-order valence-corrected chi connectivity index (χ3v) is 3.36. The van der Waals surface area contributed by atoms with E-state index in [4.69, 9.17) is 9.84 Å². The van der Waals surface area contributed by atoms with Crippen LogP contribution in [0.3, 0.4) is 0 Å². The molecule has 0 spiro atoms. The Hall–Kier alpha value is -0.650. The van der Waals surface area contributed by atoms with E-state index in [9.17, 15) is 4.79 Å². The van der Waals surface area contributed by atoms with Crippen molar-refractivity contribution in [3.05, 3.63) is 0 Å². The molecule has 1 heterocycles. The van der Waals surface area contributed by atoms with Crippen molar-refractivity contribution in [2.75, 3.05) is 46.5 Å². The first-order valence-electron chi connectivity index (χ1n) is 6.85. The van der Waals surface area contributed by atoms with Gasteiger partial charge in [0.25, 0.3) is 0 Å². The van der Waals surface area contributed by atoms with E-state index in [1.807, 2.05) is 0 Å². The molecule has 0 aromatic carbocycles. The highest BCUT2D eigenvalue weighted by atomic mass is 16.5. The molecule has 1 aliphatic heterocycles. The van der Waals surface area contributed by atoms with Gasteiger partial charge in [-0.1, -0.05) is 0 Å². The molecule has 5 heteroatoms. The normalized spacial score (nSPS) is 20.9. The summed E-state index contributed by atoms with van der Waals surface area (Å²) in [5.41, 5.74) is 0.